The predicted molar refractivity (Wildman–Crippen MR) is 74.7 cm³/mol. The third kappa shape index (κ3) is 3.04. The topological polar surface area (TPSA) is 67.8 Å². The molecule has 0 aromatic heterocycles. The largest absolute Gasteiger partial charge is 0.486 e. The van der Waals surface area contributed by atoms with E-state index in [2.05, 4.69) is 5.32 Å². The second-order valence-electron chi connectivity index (χ2n) is 5.82. The molecule has 0 saturated carbocycles. The third-order valence-electron chi connectivity index (χ3n) is 3.19. The Hall–Kier alpha value is -1.75. The molecule has 110 valence electrons. The molecule has 1 aromatic rings. The van der Waals surface area contributed by atoms with Crippen LogP contribution in [-0.2, 0) is 17.9 Å². The summed E-state index contributed by atoms with van der Waals surface area (Å²) in [5.41, 5.74) is 1.08. The molecule has 0 spiro atoms. The maximum atomic E-state index is 11.9. The molecular formula is C15H21NO4. The van der Waals surface area contributed by atoms with Gasteiger partial charge in [0.25, 0.3) is 0 Å². The molecule has 2 rings (SSSR count). The number of ether oxygens (including phenoxy) is 2. The van der Waals surface area contributed by atoms with E-state index in [4.69, 9.17) is 9.47 Å². The van der Waals surface area contributed by atoms with Crippen LogP contribution in [-0.4, -0.2) is 24.2 Å². The minimum Gasteiger partial charge on any atom is -0.486 e. The summed E-state index contributed by atoms with van der Waals surface area (Å²) < 4.78 is 11.0. The quantitative estimate of drug-likeness (QED) is 0.882. The number of fused-ring (bicyclic) bond motifs is 1. The van der Waals surface area contributed by atoms with E-state index >= 15 is 0 Å². The van der Waals surface area contributed by atoms with Crippen molar-refractivity contribution < 1.29 is 19.4 Å². The van der Waals surface area contributed by atoms with Crippen LogP contribution in [0, 0.1) is 5.41 Å². The Morgan fingerprint density at radius 3 is 2.65 bits per heavy atom. The summed E-state index contributed by atoms with van der Waals surface area (Å²) in [4.78, 5) is 11.9. The molecule has 1 amide bonds. The molecule has 1 aliphatic heterocycles. The lowest BCUT2D eigenvalue weighted by Crippen LogP contribution is -2.34. The Kier molecular flexibility index (Phi) is 4.18. The molecule has 0 fully saturated rings. The molecule has 0 saturated heterocycles. The number of amides is 1. The Morgan fingerprint density at radius 1 is 1.30 bits per heavy atom. The van der Waals surface area contributed by atoms with Crippen molar-refractivity contribution in [2.75, 3.05) is 13.2 Å². The fraction of sp³-hybridized carbons (Fsp3) is 0.533. The standard InChI is InChI=1S/C15H21NO4/c1-15(2,3)14(18)16-8-10-4-5-12-13(11(10)9-17)20-7-6-19-12/h4-5,17H,6-9H2,1-3H3,(H,16,18). The van der Waals surface area contributed by atoms with Crippen molar-refractivity contribution in [3.63, 3.8) is 0 Å². The first-order valence-electron chi connectivity index (χ1n) is 6.73. The van der Waals surface area contributed by atoms with Gasteiger partial charge in [-0.15, -0.1) is 0 Å². The van der Waals surface area contributed by atoms with Gasteiger partial charge in [0.05, 0.1) is 6.61 Å². The summed E-state index contributed by atoms with van der Waals surface area (Å²) in [5, 5.41) is 12.4. The van der Waals surface area contributed by atoms with Gasteiger partial charge in [-0.2, -0.15) is 0 Å². The van der Waals surface area contributed by atoms with Gasteiger partial charge in [0.2, 0.25) is 5.91 Å². The summed E-state index contributed by atoms with van der Waals surface area (Å²) in [6.07, 6.45) is 0. The lowest BCUT2D eigenvalue weighted by Gasteiger charge is -2.23. The number of benzene rings is 1. The zero-order chi connectivity index (χ0) is 14.8. The minimum absolute atomic E-state index is 0.0312. The highest BCUT2D eigenvalue weighted by molar-refractivity contribution is 5.81. The van der Waals surface area contributed by atoms with Crippen LogP contribution in [0.5, 0.6) is 11.5 Å². The summed E-state index contributed by atoms with van der Waals surface area (Å²) in [6, 6.07) is 3.66. The number of rotatable bonds is 3. The van der Waals surface area contributed by atoms with Crippen LogP contribution in [0.15, 0.2) is 12.1 Å². The van der Waals surface area contributed by atoms with Crippen LogP contribution < -0.4 is 14.8 Å². The number of carbonyl (C=O) groups is 1. The number of aliphatic hydroxyl groups excluding tert-OH is 1. The molecule has 1 heterocycles. The number of hydrogen-bond acceptors (Lipinski definition) is 4. The first-order valence-corrected chi connectivity index (χ1v) is 6.73. The molecule has 0 unspecified atom stereocenters. The molecule has 2 N–H and O–H groups in total. The van der Waals surface area contributed by atoms with Crippen LogP contribution in [0.1, 0.15) is 31.9 Å². The highest BCUT2D eigenvalue weighted by Gasteiger charge is 2.22. The Bertz CT molecular complexity index is 505. The molecule has 5 nitrogen and oxygen atoms in total. The van der Waals surface area contributed by atoms with E-state index in [9.17, 15) is 9.90 Å². The smallest absolute Gasteiger partial charge is 0.225 e. The van der Waals surface area contributed by atoms with Crippen molar-refractivity contribution in [2.45, 2.75) is 33.9 Å². The van der Waals surface area contributed by atoms with Gasteiger partial charge in [-0.25, -0.2) is 0 Å². The molecular weight excluding hydrogens is 258 g/mol. The van der Waals surface area contributed by atoms with Gasteiger partial charge in [0, 0.05) is 17.5 Å². The fourth-order valence-corrected chi connectivity index (χ4v) is 1.99. The highest BCUT2D eigenvalue weighted by Crippen LogP contribution is 2.36. The summed E-state index contributed by atoms with van der Waals surface area (Å²) >= 11 is 0. The highest BCUT2D eigenvalue weighted by atomic mass is 16.6. The average Bonchev–Trinajstić information content (AvgIpc) is 2.42. The second kappa shape index (κ2) is 5.71. The number of nitrogens with one attached hydrogen (secondary N) is 1. The summed E-state index contributed by atoms with van der Waals surface area (Å²) in [7, 11) is 0. The fourth-order valence-electron chi connectivity index (χ4n) is 1.99. The molecule has 1 aromatic carbocycles. The van der Waals surface area contributed by atoms with Crippen LogP contribution >= 0.6 is 0 Å². The molecule has 0 aliphatic carbocycles. The third-order valence-corrected chi connectivity index (χ3v) is 3.19. The second-order valence-corrected chi connectivity index (χ2v) is 5.82. The van der Waals surface area contributed by atoms with E-state index in [1.807, 2.05) is 32.9 Å². The van der Waals surface area contributed by atoms with Gasteiger partial charge < -0.3 is 19.9 Å². The zero-order valence-corrected chi connectivity index (χ0v) is 12.2. The molecule has 5 heteroatoms. The van der Waals surface area contributed by atoms with Crippen molar-refractivity contribution in [3.05, 3.63) is 23.3 Å². The van der Waals surface area contributed by atoms with Gasteiger partial charge >= 0.3 is 0 Å². The van der Waals surface area contributed by atoms with Gasteiger partial charge in [-0.1, -0.05) is 26.8 Å². The van der Waals surface area contributed by atoms with Crippen molar-refractivity contribution in [3.8, 4) is 11.5 Å². The van der Waals surface area contributed by atoms with E-state index in [0.29, 0.717) is 36.8 Å². The normalized spacial score (nSPS) is 14.0. The van der Waals surface area contributed by atoms with E-state index in [-0.39, 0.29) is 12.5 Å². The lowest BCUT2D eigenvalue weighted by molar-refractivity contribution is -0.128. The van der Waals surface area contributed by atoms with E-state index in [0.717, 1.165) is 5.56 Å². The zero-order valence-electron chi connectivity index (χ0n) is 12.2. The maximum absolute atomic E-state index is 11.9. The summed E-state index contributed by atoms with van der Waals surface area (Å²) in [6.45, 7) is 6.78. The van der Waals surface area contributed by atoms with Gasteiger partial charge in [-0.05, 0) is 11.6 Å². The first kappa shape index (κ1) is 14.7. The Labute approximate surface area is 118 Å². The van der Waals surface area contributed by atoms with Gasteiger partial charge in [0.15, 0.2) is 11.5 Å². The van der Waals surface area contributed by atoms with Crippen molar-refractivity contribution in [1.29, 1.82) is 0 Å². The average molecular weight is 279 g/mol. The van der Waals surface area contributed by atoms with E-state index in [1.165, 1.54) is 0 Å². The van der Waals surface area contributed by atoms with Crippen molar-refractivity contribution in [1.82, 2.24) is 5.32 Å². The van der Waals surface area contributed by atoms with Gasteiger partial charge in [-0.3, -0.25) is 4.79 Å². The number of hydrogen-bond donors (Lipinski definition) is 2. The lowest BCUT2D eigenvalue weighted by atomic mass is 9.95. The Morgan fingerprint density at radius 2 is 2.00 bits per heavy atom. The van der Waals surface area contributed by atoms with Crippen LogP contribution in [0.25, 0.3) is 0 Å². The number of carbonyl (C=O) groups excluding carboxylic acids is 1. The molecule has 0 atom stereocenters. The molecule has 0 radical (unpaired) electrons. The summed E-state index contributed by atoms with van der Waals surface area (Å²) in [5.74, 6) is 1.20. The maximum Gasteiger partial charge on any atom is 0.225 e. The Balaban J connectivity index is 2.18. The minimum atomic E-state index is -0.437. The van der Waals surface area contributed by atoms with Gasteiger partial charge in [0.1, 0.15) is 13.2 Å². The molecule has 1 aliphatic rings. The predicted octanol–water partition coefficient (Wildman–Crippen LogP) is 1.61. The van der Waals surface area contributed by atoms with Crippen LogP contribution in [0.2, 0.25) is 0 Å². The molecule has 20 heavy (non-hydrogen) atoms. The van der Waals surface area contributed by atoms with E-state index in [1.54, 1.807) is 0 Å². The van der Waals surface area contributed by atoms with Crippen LogP contribution in [0.3, 0.4) is 0 Å². The molecule has 0 bridgehead atoms. The monoisotopic (exact) mass is 279 g/mol. The number of aliphatic hydroxyl groups is 1. The van der Waals surface area contributed by atoms with Crippen molar-refractivity contribution >= 4 is 5.91 Å². The van der Waals surface area contributed by atoms with Crippen LogP contribution in [0.4, 0.5) is 0 Å². The first-order chi connectivity index (χ1) is 9.43. The van der Waals surface area contributed by atoms with E-state index < -0.39 is 5.41 Å². The SMILES string of the molecule is CC(C)(C)C(=O)NCc1ccc2c(c1CO)OCCO2. The van der Waals surface area contributed by atoms with Crippen molar-refractivity contribution in [2.24, 2.45) is 5.41 Å².